The van der Waals surface area contributed by atoms with Gasteiger partial charge in [-0.25, -0.2) is 8.42 Å². The molecule has 0 aliphatic rings. The van der Waals surface area contributed by atoms with Gasteiger partial charge in [-0.1, -0.05) is 42.5 Å². The van der Waals surface area contributed by atoms with Gasteiger partial charge in [-0.15, -0.1) is 0 Å². The molecule has 6 heteroatoms. The van der Waals surface area contributed by atoms with E-state index in [0.29, 0.717) is 5.69 Å². The Balaban J connectivity index is 2.31. The first-order valence-corrected chi connectivity index (χ1v) is 10.4. The molecule has 2 rings (SSSR count). The van der Waals surface area contributed by atoms with Crippen LogP contribution in [0.1, 0.15) is 36.6 Å². The molecule has 0 aliphatic carbocycles. The number of carbonyl (C=O) groups is 1. The zero-order chi connectivity index (χ0) is 19.5. The minimum Gasteiger partial charge on any atom is -0.348 e. The Morgan fingerprint density at radius 2 is 1.65 bits per heavy atom. The lowest BCUT2D eigenvalue weighted by atomic mass is 10.1. The zero-order valence-corrected chi connectivity index (χ0v) is 16.7. The van der Waals surface area contributed by atoms with Gasteiger partial charge in [0.2, 0.25) is 15.9 Å². The van der Waals surface area contributed by atoms with Gasteiger partial charge in [-0.05, 0) is 50.5 Å². The highest BCUT2D eigenvalue weighted by atomic mass is 32.2. The van der Waals surface area contributed by atoms with Gasteiger partial charge in [0.25, 0.3) is 0 Å². The lowest BCUT2D eigenvalue weighted by molar-refractivity contribution is -0.122. The van der Waals surface area contributed by atoms with E-state index in [2.05, 4.69) is 5.32 Å². The molecule has 0 heterocycles. The number of benzene rings is 2. The van der Waals surface area contributed by atoms with Crippen LogP contribution < -0.4 is 9.62 Å². The Bertz CT molecular complexity index is 879. The van der Waals surface area contributed by atoms with Crippen LogP contribution in [0.15, 0.2) is 48.5 Å². The number of hydrogen-bond donors (Lipinski definition) is 1. The summed E-state index contributed by atoms with van der Waals surface area (Å²) in [5.74, 6) is -0.340. The van der Waals surface area contributed by atoms with Crippen molar-refractivity contribution in [1.29, 1.82) is 0 Å². The topological polar surface area (TPSA) is 66.5 Å². The third-order valence-corrected chi connectivity index (χ3v) is 5.58. The highest BCUT2D eigenvalue weighted by Gasteiger charge is 2.30. The summed E-state index contributed by atoms with van der Waals surface area (Å²) >= 11 is 0. The molecule has 0 aromatic heterocycles. The van der Waals surface area contributed by atoms with Crippen molar-refractivity contribution < 1.29 is 13.2 Å². The molecule has 0 aliphatic heterocycles. The summed E-state index contributed by atoms with van der Waals surface area (Å²) < 4.78 is 26.1. The van der Waals surface area contributed by atoms with Crippen molar-refractivity contribution in [3.63, 3.8) is 0 Å². The monoisotopic (exact) mass is 374 g/mol. The van der Waals surface area contributed by atoms with Crippen molar-refractivity contribution in [1.82, 2.24) is 5.32 Å². The van der Waals surface area contributed by atoms with Crippen molar-refractivity contribution in [3.05, 3.63) is 65.2 Å². The fraction of sp³-hybridized carbons (Fsp3) is 0.350. The van der Waals surface area contributed by atoms with E-state index in [0.717, 1.165) is 22.9 Å². The number of hydrogen-bond acceptors (Lipinski definition) is 3. The van der Waals surface area contributed by atoms with E-state index in [4.69, 9.17) is 0 Å². The van der Waals surface area contributed by atoms with Crippen LogP contribution in [-0.2, 0) is 14.8 Å². The van der Waals surface area contributed by atoms with Crippen LogP contribution in [0, 0.1) is 13.8 Å². The van der Waals surface area contributed by atoms with Gasteiger partial charge >= 0.3 is 0 Å². The van der Waals surface area contributed by atoms with Crippen LogP contribution in [0.25, 0.3) is 0 Å². The summed E-state index contributed by atoms with van der Waals surface area (Å²) in [4.78, 5) is 12.8. The molecule has 0 fully saturated rings. The Morgan fingerprint density at radius 1 is 1.04 bits per heavy atom. The second-order valence-electron chi connectivity index (χ2n) is 6.67. The van der Waals surface area contributed by atoms with E-state index in [1.807, 2.05) is 63.2 Å². The van der Waals surface area contributed by atoms with E-state index < -0.39 is 16.1 Å². The van der Waals surface area contributed by atoms with Gasteiger partial charge in [0, 0.05) is 0 Å². The smallest absolute Gasteiger partial charge is 0.244 e. The number of rotatable bonds is 6. The zero-order valence-electron chi connectivity index (χ0n) is 15.9. The van der Waals surface area contributed by atoms with Crippen molar-refractivity contribution >= 4 is 21.6 Å². The molecule has 1 N–H and O–H groups in total. The predicted octanol–water partition coefficient (Wildman–Crippen LogP) is 3.34. The average Bonchev–Trinajstić information content (AvgIpc) is 2.57. The summed E-state index contributed by atoms with van der Waals surface area (Å²) in [6, 6.07) is 14.1. The average molecular weight is 375 g/mol. The first kappa shape index (κ1) is 20.0. The highest BCUT2D eigenvalue weighted by molar-refractivity contribution is 7.92. The maximum absolute atomic E-state index is 12.8. The van der Waals surface area contributed by atoms with Crippen molar-refractivity contribution in [2.45, 2.75) is 39.8 Å². The normalized spacial score (nSPS) is 13.7. The molecule has 26 heavy (non-hydrogen) atoms. The molecule has 5 nitrogen and oxygen atoms in total. The number of sulfonamides is 1. The van der Waals surface area contributed by atoms with Crippen LogP contribution in [0.2, 0.25) is 0 Å². The molecule has 0 spiro atoms. The van der Waals surface area contributed by atoms with E-state index in [1.165, 1.54) is 4.31 Å². The minimum absolute atomic E-state index is 0.217. The fourth-order valence-corrected chi connectivity index (χ4v) is 4.12. The third-order valence-electron chi connectivity index (χ3n) is 4.35. The highest BCUT2D eigenvalue weighted by Crippen LogP contribution is 2.26. The Morgan fingerprint density at radius 3 is 2.23 bits per heavy atom. The van der Waals surface area contributed by atoms with Crippen LogP contribution in [0.3, 0.4) is 0 Å². The van der Waals surface area contributed by atoms with Crippen LogP contribution in [0.4, 0.5) is 5.69 Å². The lowest BCUT2D eigenvalue weighted by Crippen LogP contribution is -2.48. The maximum Gasteiger partial charge on any atom is 0.244 e. The standard InChI is InChI=1S/C20H26N2O3S/c1-14-11-12-15(2)19(13-14)22(26(5,24)25)17(4)20(23)21-16(3)18-9-7-6-8-10-18/h6-13,16-17H,1-5H3,(H,21,23)/t16-,17+/m0/s1. The van der Waals surface area contributed by atoms with Crippen LogP contribution >= 0.6 is 0 Å². The molecule has 0 bridgehead atoms. The number of anilines is 1. The fourth-order valence-electron chi connectivity index (χ4n) is 2.90. The summed E-state index contributed by atoms with van der Waals surface area (Å²) in [7, 11) is -3.63. The summed E-state index contributed by atoms with van der Waals surface area (Å²) in [5, 5.41) is 2.91. The molecule has 2 aromatic rings. The van der Waals surface area contributed by atoms with E-state index >= 15 is 0 Å². The Kier molecular flexibility index (Phi) is 6.08. The minimum atomic E-state index is -3.63. The second kappa shape index (κ2) is 7.91. The Labute approximate surface area is 156 Å². The Hall–Kier alpha value is -2.34. The second-order valence-corrected chi connectivity index (χ2v) is 8.53. The predicted molar refractivity (Wildman–Crippen MR) is 106 cm³/mol. The molecule has 0 saturated heterocycles. The molecule has 2 aromatic carbocycles. The molecule has 0 unspecified atom stereocenters. The van der Waals surface area contributed by atoms with Gasteiger partial charge < -0.3 is 5.32 Å². The van der Waals surface area contributed by atoms with Gasteiger partial charge in [0.1, 0.15) is 6.04 Å². The van der Waals surface area contributed by atoms with E-state index in [1.54, 1.807) is 13.0 Å². The number of nitrogens with one attached hydrogen (secondary N) is 1. The first-order valence-electron chi connectivity index (χ1n) is 8.53. The third kappa shape index (κ3) is 4.64. The largest absolute Gasteiger partial charge is 0.348 e. The van der Waals surface area contributed by atoms with E-state index in [-0.39, 0.29) is 11.9 Å². The summed E-state index contributed by atoms with van der Waals surface area (Å²) in [6.07, 6.45) is 1.12. The van der Waals surface area contributed by atoms with Crippen molar-refractivity contribution in [2.75, 3.05) is 10.6 Å². The lowest BCUT2D eigenvalue weighted by Gasteiger charge is -2.30. The first-order chi connectivity index (χ1) is 12.1. The maximum atomic E-state index is 12.8. The number of aryl methyl sites for hydroxylation is 2. The van der Waals surface area contributed by atoms with E-state index in [9.17, 15) is 13.2 Å². The molecule has 140 valence electrons. The van der Waals surface area contributed by atoms with Crippen molar-refractivity contribution in [2.24, 2.45) is 0 Å². The van der Waals surface area contributed by atoms with Gasteiger partial charge in [-0.2, -0.15) is 0 Å². The summed E-state index contributed by atoms with van der Waals surface area (Å²) in [5.41, 5.74) is 3.23. The van der Waals surface area contributed by atoms with Crippen molar-refractivity contribution in [3.8, 4) is 0 Å². The molecule has 0 radical (unpaired) electrons. The van der Waals surface area contributed by atoms with Gasteiger partial charge in [0.05, 0.1) is 18.0 Å². The van der Waals surface area contributed by atoms with Crippen LogP contribution in [-0.4, -0.2) is 26.6 Å². The molecule has 2 atom stereocenters. The van der Waals surface area contributed by atoms with Gasteiger partial charge in [0.15, 0.2) is 0 Å². The molecule has 1 amide bonds. The quantitative estimate of drug-likeness (QED) is 0.843. The summed E-state index contributed by atoms with van der Waals surface area (Å²) in [6.45, 7) is 7.22. The number of carbonyl (C=O) groups excluding carboxylic acids is 1. The SMILES string of the molecule is Cc1ccc(C)c(N([C@H](C)C(=O)N[C@@H](C)c2ccccc2)S(C)(=O)=O)c1. The molecule has 0 saturated carbocycles. The molecular formula is C20H26N2O3S. The van der Waals surface area contributed by atoms with Crippen LogP contribution in [0.5, 0.6) is 0 Å². The molecular weight excluding hydrogens is 348 g/mol. The van der Waals surface area contributed by atoms with Gasteiger partial charge in [-0.3, -0.25) is 9.10 Å². The number of amides is 1. The number of nitrogens with zero attached hydrogens (tertiary/aromatic N) is 1.